The maximum absolute atomic E-state index is 13.0. The summed E-state index contributed by atoms with van der Waals surface area (Å²) in [4.78, 5) is 11.3. The van der Waals surface area contributed by atoms with E-state index in [0.29, 0.717) is 6.61 Å². The fourth-order valence-electron chi connectivity index (χ4n) is 1.74. The van der Waals surface area contributed by atoms with Gasteiger partial charge in [-0.1, -0.05) is 6.92 Å². The van der Waals surface area contributed by atoms with Crippen molar-refractivity contribution in [2.75, 3.05) is 6.61 Å². The second kappa shape index (κ2) is 5.44. The molecular weight excluding hydrogens is 242 g/mol. The Morgan fingerprint density at radius 1 is 1.33 bits per heavy atom. The zero-order valence-corrected chi connectivity index (χ0v) is 9.99. The van der Waals surface area contributed by atoms with Gasteiger partial charge in [-0.15, -0.1) is 0 Å². The van der Waals surface area contributed by atoms with Crippen molar-refractivity contribution < 1.29 is 23.0 Å². The van der Waals surface area contributed by atoms with E-state index in [-0.39, 0.29) is 18.0 Å². The van der Waals surface area contributed by atoms with Crippen LogP contribution in [0.4, 0.5) is 8.78 Å². The van der Waals surface area contributed by atoms with E-state index in [4.69, 9.17) is 9.47 Å². The van der Waals surface area contributed by atoms with Gasteiger partial charge in [0.05, 0.1) is 0 Å². The van der Waals surface area contributed by atoms with Crippen LogP contribution in [0.5, 0.6) is 5.75 Å². The molecule has 0 spiro atoms. The fourth-order valence-corrected chi connectivity index (χ4v) is 1.74. The second-order valence-electron chi connectivity index (χ2n) is 4.19. The Morgan fingerprint density at radius 3 is 2.72 bits per heavy atom. The Kier molecular flexibility index (Phi) is 3.91. The minimum Gasteiger partial charge on any atom is -0.487 e. The van der Waals surface area contributed by atoms with E-state index < -0.39 is 23.8 Å². The van der Waals surface area contributed by atoms with Crippen molar-refractivity contribution in [3.8, 4) is 5.75 Å². The highest BCUT2D eigenvalue weighted by Gasteiger charge is 2.42. The van der Waals surface area contributed by atoms with Crippen molar-refractivity contribution in [2.24, 2.45) is 0 Å². The fraction of sp³-hybridized carbons (Fsp3) is 0.462. The minimum atomic E-state index is -0.968. The molecule has 1 aliphatic carbocycles. The van der Waals surface area contributed by atoms with Crippen LogP contribution in [0.15, 0.2) is 18.2 Å². The van der Waals surface area contributed by atoms with Gasteiger partial charge in [-0.25, -0.2) is 8.78 Å². The van der Waals surface area contributed by atoms with Gasteiger partial charge in [0, 0.05) is 19.1 Å². The van der Waals surface area contributed by atoms with E-state index in [1.54, 1.807) is 0 Å². The van der Waals surface area contributed by atoms with Crippen LogP contribution in [-0.4, -0.2) is 24.6 Å². The average Bonchev–Trinajstić information content (AvgIpc) is 2.33. The van der Waals surface area contributed by atoms with E-state index >= 15 is 0 Å². The summed E-state index contributed by atoms with van der Waals surface area (Å²) in [5.41, 5.74) is 0. The van der Waals surface area contributed by atoms with Crippen molar-refractivity contribution in [3.63, 3.8) is 0 Å². The first-order valence-electron chi connectivity index (χ1n) is 5.88. The molecule has 0 amide bonds. The molecule has 0 N–H and O–H groups in total. The third kappa shape index (κ3) is 2.67. The molecule has 1 aliphatic rings. The first kappa shape index (κ1) is 13.0. The van der Waals surface area contributed by atoms with Crippen LogP contribution in [0.1, 0.15) is 19.8 Å². The molecule has 0 bridgehead atoms. The standard InChI is InChI=1S/C13H14F2O3/c1-2-5-17-13-11(16)7-12(13)18-8-3-4-9(14)10(15)6-8/h3-4,6,12-13H,2,5,7H2,1H3. The van der Waals surface area contributed by atoms with Crippen LogP contribution in [0.3, 0.4) is 0 Å². The smallest absolute Gasteiger partial charge is 0.169 e. The number of ether oxygens (including phenoxy) is 2. The Labute approximate surface area is 104 Å². The van der Waals surface area contributed by atoms with Gasteiger partial charge < -0.3 is 9.47 Å². The molecule has 2 unspecified atom stereocenters. The van der Waals surface area contributed by atoms with Crippen molar-refractivity contribution in [1.29, 1.82) is 0 Å². The molecule has 0 aromatic heterocycles. The van der Waals surface area contributed by atoms with E-state index in [9.17, 15) is 13.6 Å². The molecule has 2 rings (SSSR count). The normalized spacial score (nSPS) is 22.7. The molecule has 18 heavy (non-hydrogen) atoms. The summed E-state index contributed by atoms with van der Waals surface area (Å²) in [7, 11) is 0. The topological polar surface area (TPSA) is 35.5 Å². The van der Waals surface area contributed by atoms with Gasteiger partial charge in [-0.2, -0.15) is 0 Å². The summed E-state index contributed by atoms with van der Waals surface area (Å²) in [5, 5.41) is 0. The second-order valence-corrected chi connectivity index (χ2v) is 4.19. The molecule has 0 aliphatic heterocycles. The molecule has 0 saturated heterocycles. The SMILES string of the molecule is CCCOC1C(=O)CC1Oc1ccc(F)c(F)c1. The molecular formula is C13H14F2O3. The van der Waals surface area contributed by atoms with Crippen LogP contribution in [0.25, 0.3) is 0 Å². The largest absolute Gasteiger partial charge is 0.487 e. The number of Topliss-reactive ketones (excluding diaryl/α,β-unsaturated/α-hetero) is 1. The van der Waals surface area contributed by atoms with Gasteiger partial charge >= 0.3 is 0 Å². The molecule has 98 valence electrons. The Morgan fingerprint density at radius 2 is 2.11 bits per heavy atom. The molecule has 1 aromatic carbocycles. The van der Waals surface area contributed by atoms with Crippen LogP contribution >= 0.6 is 0 Å². The number of hydrogen-bond donors (Lipinski definition) is 0. The Hall–Kier alpha value is -1.49. The number of carbonyl (C=O) groups is 1. The minimum absolute atomic E-state index is 0.0176. The molecule has 1 fully saturated rings. The van der Waals surface area contributed by atoms with E-state index in [1.807, 2.05) is 6.92 Å². The zero-order chi connectivity index (χ0) is 13.1. The summed E-state index contributed by atoms with van der Waals surface area (Å²) in [5.74, 6) is -1.71. The predicted octanol–water partition coefficient (Wildman–Crippen LogP) is 2.48. The lowest BCUT2D eigenvalue weighted by Crippen LogP contribution is -2.52. The quantitative estimate of drug-likeness (QED) is 0.812. The summed E-state index contributed by atoms with van der Waals surface area (Å²) in [6.07, 6.45) is 0.0571. The Bertz CT molecular complexity index is 448. The third-order valence-electron chi connectivity index (χ3n) is 2.74. The highest BCUT2D eigenvalue weighted by atomic mass is 19.2. The van der Waals surface area contributed by atoms with E-state index in [0.717, 1.165) is 18.6 Å². The molecule has 3 nitrogen and oxygen atoms in total. The molecule has 1 saturated carbocycles. The molecule has 0 radical (unpaired) electrons. The van der Waals surface area contributed by atoms with Crippen LogP contribution in [0, 0.1) is 11.6 Å². The van der Waals surface area contributed by atoms with Gasteiger partial charge in [-0.05, 0) is 18.6 Å². The first-order chi connectivity index (χ1) is 8.61. The van der Waals surface area contributed by atoms with Crippen LogP contribution in [0.2, 0.25) is 0 Å². The van der Waals surface area contributed by atoms with Gasteiger partial charge in [0.2, 0.25) is 0 Å². The van der Waals surface area contributed by atoms with E-state index in [2.05, 4.69) is 0 Å². The molecule has 5 heteroatoms. The van der Waals surface area contributed by atoms with E-state index in [1.165, 1.54) is 6.07 Å². The average molecular weight is 256 g/mol. The molecule has 1 aromatic rings. The first-order valence-corrected chi connectivity index (χ1v) is 5.88. The van der Waals surface area contributed by atoms with Crippen molar-refractivity contribution in [2.45, 2.75) is 32.0 Å². The number of benzene rings is 1. The van der Waals surface area contributed by atoms with Gasteiger partial charge in [0.25, 0.3) is 0 Å². The molecule has 2 atom stereocenters. The summed E-state index contributed by atoms with van der Waals surface area (Å²) >= 11 is 0. The van der Waals surface area contributed by atoms with Crippen molar-refractivity contribution >= 4 is 5.78 Å². The lowest BCUT2D eigenvalue weighted by Gasteiger charge is -2.34. The Balaban J connectivity index is 1.96. The lowest BCUT2D eigenvalue weighted by molar-refractivity contribution is -0.154. The van der Waals surface area contributed by atoms with Gasteiger partial charge in [0.15, 0.2) is 23.5 Å². The highest BCUT2D eigenvalue weighted by Crippen LogP contribution is 2.26. The highest BCUT2D eigenvalue weighted by molar-refractivity contribution is 5.90. The molecule has 0 heterocycles. The van der Waals surface area contributed by atoms with Crippen molar-refractivity contribution in [1.82, 2.24) is 0 Å². The monoisotopic (exact) mass is 256 g/mol. The third-order valence-corrected chi connectivity index (χ3v) is 2.74. The summed E-state index contributed by atoms with van der Waals surface area (Å²) < 4.78 is 36.5. The number of carbonyl (C=O) groups excluding carboxylic acids is 1. The number of rotatable bonds is 5. The number of ketones is 1. The van der Waals surface area contributed by atoms with Crippen molar-refractivity contribution in [3.05, 3.63) is 29.8 Å². The van der Waals surface area contributed by atoms with Gasteiger partial charge in [-0.3, -0.25) is 4.79 Å². The summed E-state index contributed by atoms with van der Waals surface area (Å²) in [6, 6.07) is 3.29. The zero-order valence-electron chi connectivity index (χ0n) is 9.99. The van der Waals surface area contributed by atoms with Crippen LogP contribution in [-0.2, 0) is 9.53 Å². The van der Waals surface area contributed by atoms with Gasteiger partial charge in [0.1, 0.15) is 11.9 Å². The summed E-state index contributed by atoms with van der Waals surface area (Å²) in [6.45, 7) is 2.42. The maximum atomic E-state index is 13.0. The maximum Gasteiger partial charge on any atom is 0.169 e. The van der Waals surface area contributed by atoms with Crippen LogP contribution < -0.4 is 4.74 Å². The predicted molar refractivity (Wildman–Crippen MR) is 60.4 cm³/mol. The number of halogens is 2. The number of hydrogen-bond acceptors (Lipinski definition) is 3. The lowest BCUT2D eigenvalue weighted by atomic mass is 9.90.